The van der Waals surface area contributed by atoms with Gasteiger partial charge < -0.3 is 4.89 Å². The highest BCUT2D eigenvalue weighted by Crippen LogP contribution is 2.13. The van der Waals surface area contributed by atoms with E-state index < -0.39 is 8.03 Å². The maximum absolute atomic E-state index is 10.1. The molecule has 0 aliphatic rings. The topological polar surface area (TPSA) is 37.3 Å². The lowest BCUT2D eigenvalue weighted by Crippen LogP contribution is -1.71. The molecule has 3 heteroatoms. The summed E-state index contributed by atoms with van der Waals surface area (Å²) in [4.78, 5) is 8.36. The number of hydrogen-bond acceptors (Lipinski definition) is 1. The van der Waals surface area contributed by atoms with E-state index in [2.05, 4.69) is 0 Å². The predicted molar refractivity (Wildman–Crippen MR) is 40.1 cm³/mol. The summed E-state index contributed by atoms with van der Waals surface area (Å²) in [5.41, 5.74) is 0. The van der Waals surface area contributed by atoms with Gasteiger partial charge in [-0.25, -0.2) is 0 Å². The fourth-order valence-corrected chi connectivity index (χ4v) is 0.905. The molecule has 9 heavy (non-hydrogen) atoms. The molecule has 0 aliphatic heterocycles. The van der Waals surface area contributed by atoms with Crippen LogP contribution in [0.1, 0.15) is 19.8 Å². The summed E-state index contributed by atoms with van der Waals surface area (Å²) in [7, 11) is -2.22. The Labute approximate surface area is 56.5 Å². The first-order chi connectivity index (χ1) is 4.27. The third-order valence-electron chi connectivity index (χ3n) is 0.927. The fraction of sp³-hybridized carbons (Fsp3) is 0.667. The molecule has 0 heterocycles. The quantitative estimate of drug-likeness (QED) is 0.487. The summed E-state index contributed by atoms with van der Waals surface area (Å²) >= 11 is 0. The second-order valence-corrected chi connectivity index (χ2v) is 3.10. The van der Waals surface area contributed by atoms with Gasteiger partial charge in [0.15, 0.2) is 8.03 Å². The van der Waals surface area contributed by atoms with Gasteiger partial charge in [-0.15, -0.1) is 0 Å². The second kappa shape index (κ2) is 6.06. The van der Waals surface area contributed by atoms with E-state index in [4.69, 9.17) is 4.89 Å². The van der Waals surface area contributed by atoms with Crippen molar-refractivity contribution >= 4 is 8.03 Å². The Hall–Kier alpha value is -0.0700. The Kier molecular flexibility index (Phi) is 6.01. The Morgan fingerprint density at radius 1 is 1.56 bits per heavy atom. The third-order valence-corrected chi connectivity index (χ3v) is 1.64. The normalized spacial score (nSPS) is 14.4. The van der Waals surface area contributed by atoms with Crippen LogP contribution in [0.5, 0.6) is 0 Å². The molecule has 0 aliphatic carbocycles. The van der Waals surface area contributed by atoms with Crippen molar-refractivity contribution < 1.29 is 9.46 Å². The smallest absolute Gasteiger partial charge is 0.189 e. The molecule has 0 aromatic rings. The predicted octanol–water partition coefficient (Wildman–Crippen LogP) is 1.81. The standard InChI is InChI=1S/C6H13O2P/c1-2-3-4-5-6-9(7)8/h3-4,9H,2,5-6H2,1H3,(H,7,8). The van der Waals surface area contributed by atoms with Crippen LogP contribution >= 0.6 is 8.03 Å². The summed E-state index contributed by atoms with van der Waals surface area (Å²) in [5, 5.41) is 0. The van der Waals surface area contributed by atoms with Gasteiger partial charge in [0.05, 0.1) is 0 Å². The van der Waals surface area contributed by atoms with Crippen molar-refractivity contribution in [2.45, 2.75) is 19.8 Å². The highest BCUT2D eigenvalue weighted by molar-refractivity contribution is 7.37. The van der Waals surface area contributed by atoms with E-state index >= 15 is 0 Å². The molecule has 0 amide bonds. The minimum Gasteiger partial charge on any atom is -0.346 e. The maximum Gasteiger partial charge on any atom is 0.189 e. The first kappa shape index (κ1) is 8.93. The van der Waals surface area contributed by atoms with Crippen molar-refractivity contribution in [3.8, 4) is 0 Å². The van der Waals surface area contributed by atoms with Crippen LogP contribution in [0.3, 0.4) is 0 Å². The first-order valence-corrected chi connectivity index (χ1v) is 4.70. The Balaban J connectivity index is 3.09. The largest absolute Gasteiger partial charge is 0.346 e. The number of rotatable bonds is 4. The highest BCUT2D eigenvalue weighted by Gasteiger charge is 1.86. The van der Waals surface area contributed by atoms with E-state index in [1.807, 2.05) is 19.1 Å². The maximum atomic E-state index is 10.1. The lowest BCUT2D eigenvalue weighted by molar-refractivity contribution is 0.503. The minimum absolute atomic E-state index is 0.432. The van der Waals surface area contributed by atoms with Crippen molar-refractivity contribution in [3.05, 3.63) is 12.2 Å². The zero-order chi connectivity index (χ0) is 7.11. The summed E-state index contributed by atoms with van der Waals surface area (Å²) in [6.07, 6.45) is 6.12. The molecule has 1 N–H and O–H groups in total. The molecule has 0 aromatic carbocycles. The molecule has 0 aromatic heterocycles. The highest BCUT2D eigenvalue weighted by atomic mass is 31.1. The van der Waals surface area contributed by atoms with Crippen molar-refractivity contribution in [2.24, 2.45) is 0 Å². The van der Waals surface area contributed by atoms with Crippen LogP contribution in [-0.4, -0.2) is 11.1 Å². The lowest BCUT2D eigenvalue weighted by atomic mass is 10.4. The molecule has 54 valence electrons. The van der Waals surface area contributed by atoms with Gasteiger partial charge in [-0.1, -0.05) is 19.1 Å². The van der Waals surface area contributed by atoms with E-state index in [0.717, 1.165) is 12.8 Å². The minimum atomic E-state index is -2.22. The SMILES string of the molecule is CCC=CCC[PH](=O)O. The molecule has 0 rings (SSSR count). The summed E-state index contributed by atoms with van der Waals surface area (Å²) < 4.78 is 10.1. The van der Waals surface area contributed by atoms with Gasteiger partial charge in [-0.05, 0) is 12.8 Å². The zero-order valence-electron chi connectivity index (χ0n) is 5.63. The third kappa shape index (κ3) is 7.93. The van der Waals surface area contributed by atoms with Crippen molar-refractivity contribution in [3.63, 3.8) is 0 Å². The van der Waals surface area contributed by atoms with Gasteiger partial charge in [-0.2, -0.15) is 0 Å². The van der Waals surface area contributed by atoms with E-state index in [9.17, 15) is 4.57 Å². The summed E-state index contributed by atoms with van der Waals surface area (Å²) in [5.74, 6) is 0. The van der Waals surface area contributed by atoms with Crippen molar-refractivity contribution in [1.82, 2.24) is 0 Å². The zero-order valence-corrected chi connectivity index (χ0v) is 6.63. The van der Waals surface area contributed by atoms with Gasteiger partial charge in [0.1, 0.15) is 0 Å². The van der Waals surface area contributed by atoms with E-state index in [-0.39, 0.29) is 0 Å². The van der Waals surface area contributed by atoms with Gasteiger partial charge in [0.25, 0.3) is 0 Å². The van der Waals surface area contributed by atoms with Crippen LogP contribution in [-0.2, 0) is 4.57 Å². The molecule has 0 saturated carbocycles. The van der Waals surface area contributed by atoms with Gasteiger partial charge in [0.2, 0.25) is 0 Å². The van der Waals surface area contributed by atoms with Crippen LogP contribution in [0.2, 0.25) is 0 Å². The Morgan fingerprint density at radius 3 is 2.67 bits per heavy atom. The molecule has 1 atom stereocenters. The van der Waals surface area contributed by atoms with Gasteiger partial charge in [-0.3, -0.25) is 4.57 Å². The number of allylic oxidation sites excluding steroid dienone is 2. The monoisotopic (exact) mass is 148 g/mol. The van der Waals surface area contributed by atoms with Crippen LogP contribution in [0.4, 0.5) is 0 Å². The molecule has 1 unspecified atom stereocenters. The molecule has 0 radical (unpaired) electrons. The summed E-state index contributed by atoms with van der Waals surface area (Å²) in [6, 6.07) is 0. The van der Waals surface area contributed by atoms with Crippen molar-refractivity contribution in [1.29, 1.82) is 0 Å². The average molecular weight is 148 g/mol. The fourth-order valence-electron chi connectivity index (χ4n) is 0.491. The van der Waals surface area contributed by atoms with Crippen LogP contribution in [0.25, 0.3) is 0 Å². The average Bonchev–Trinajstić information content (AvgIpc) is 1.80. The van der Waals surface area contributed by atoms with E-state index in [1.54, 1.807) is 0 Å². The van der Waals surface area contributed by atoms with E-state index in [1.165, 1.54) is 0 Å². The van der Waals surface area contributed by atoms with Crippen LogP contribution in [0.15, 0.2) is 12.2 Å². The second-order valence-electron chi connectivity index (χ2n) is 1.81. The Bertz CT molecular complexity index is 110. The van der Waals surface area contributed by atoms with Gasteiger partial charge in [0, 0.05) is 6.16 Å². The Morgan fingerprint density at radius 2 is 2.22 bits per heavy atom. The molecule has 0 fully saturated rings. The van der Waals surface area contributed by atoms with Crippen LogP contribution < -0.4 is 0 Å². The molecule has 0 saturated heterocycles. The molecule has 0 spiro atoms. The molecule has 2 nitrogen and oxygen atoms in total. The van der Waals surface area contributed by atoms with Crippen molar-refractivity contribution in [2.75, 3.05) is 6.16 Å². The first-order valence-electron chi connectivity index (χ1n) is 3.14. The van der Waals surface area contributed by atoms with E-state index in [0.29, 0.717) is 6.16 Å². The van der Waals surface area contributed by atoms with Crippen LogP contribution in [0, 0.1) is 0 Å². The molecule has 0 bridgehead atoms. The van der Waals surface area contributed by atoms with Gasteiger partial charge >= 0.3 is 0 Å². The molecular weight excluding hydrogens is 135 g/mol. The summed E-state index contributed by atoms with van der Waals surface area (Å²) in [6.45, 7) is 2.04. The molecular formula is C6H13O2P. The number of hydrogen-bond donors (Lipinski definition) is 1. The lowest BCUT2D eigenvalue weighted by Gasteiger charge is -1.86.